The van der Waals surface area contributed by atoms with E-state index in [0.29, 0.717) is 12.8 Å². The maximum absolute atomic E-state index is 12.7. The van der Waals surface area contributed by atoms with Crippen LogP contribution in [0.25, 0.3) is 0 Å². The zero-order valence-electron chi connectivity index (χ0n) is 41.6. The lowest BCUT2D eigenvalue weighted by Gasteiger charge is -2.19. The van der Waals surface area contributed by atoms with Gasteiger partial charge < -0.3 is 20.1 Å². The molecule has 9 nitrogen and oxygen atoms in total. The summed E-state index contributed by atoms with van der Waals surface area (Å²) in [6, 6.07) is 0. The van der Waals surface area contributed by atoms with E-state index in [-0.39, 0.29) is 32.6 Å². The van der Waals surface area contributed by atoms with Crippen molar-refractivity contribution in [2.45, 2.75) is 174 Å². The maximum Gasteiger partial charge on any atom is 0.472 e. The topological polar surface area (TPSA) is 134 Å². The third kappa shape index (κ3) is 51.1. The molecule has 0 aliphatic rings. The van der Waals surface area contributed by atoms with Gasteiger partial charge in [-0.05, 0) is 103 Å². The Hall–Kier alpha value is -4.11. The van der Waals surface area contributed by atoms with Crippen LogP contribution in [0.15, 0.2) is 146 Å². The number of nitrogens with two attached hydrogens (primary N) is 1. The average molecular weight is 948 g/mol. The molecule has 10 heteroatoms. The quantitative estimate of drug-likeness (QED) is 0.0265. The summed E-state index contributed by atoms with van der Waals surface area (Å²) >= 11 is 0. The lowest BCUT2D eigenvalue weighted by molar-refractivity contribution is -0.161. The minimum Gasteiger partial charge on any atom is -0.462 e. The lowest BCUT2D eigenvalue weighted by Crippen LogP contribution is -2.29. The Labute approximate surface area is 407 Å². The molecule has 2 unspecified atom stereocenters. The zero-order chi connectivity index (χ0) is 48.8. The molecule has 0 aromatic heterocycles. The van der Waals surface area contributed by atoms with E-state index < -0.39 is 32.5 Å². The van der Waals surface area contributed by atoms with Crippen molar-refractivity contribution >= 4 is 19.8 Å². The summed E-state index contributed by atoms with van der Waals surface area (Å²) < 4.78 is 32.8. The van der Waals surface area contributed by atoms with Gasteiger partial charge in [0.15, 0.2) is 6.10 Å². The van der Waals surface area contributed by atoms with E-state index in [9.17, 15) is 19.0 Å². The van der Waals surface area contributed by atoms with Gasteiger partial charge >= 0.3 is 19.8 Å². The van der Waals surface area contributed by atoms with Crippen LogP contribution in [0, 0.1) is 0 Å². The normalized spacial score (nSPS) is 14.4. The molecule has 0 aromatic rings. The standard InChI is InChI=1S/C57H90NO8P/c1-3-5-7-9-11-13-15-17-19-21-23-24-25-26-27-28-29-30-32-34-36-38-40-42-44-46-48-50-57(60)66-55(54-65-67(61,62)64-52-51-58)53-63-56(59)49-47-45-43-41-39-37-35-33-31-22-20-18-16-14-12-10-8-6-4-2/h5-8,11-14,17-20,23-24,26-27,29-31,33,37,39,43,45,55H,3-4,9-10,15-16,21-22,25,28,32,34-36,38,40-42,44,46-54,58H2,1-2H3,(H,61,62)/b7-5-,8-6-,13-11-,14-12-,19-17-,20-18-,24-23-,27-26-,30-29-,33-31-,39-37-,45-43-. The summed E-state index contributed by atoms with van der Waals surface area (Å²) in [6.45, 7) is 3.38. The van der Waals surface area contributed by atoms with E-state index in [2.05, 4.69) is 148 Å². The summed E-state index contributed by atoms with van der Waals surface area (Å²) in [6.07, 6.45) is 73.3. The van der Waals surface area contributed by atoms with Gasteiger partial charge in [-0.3, -0.25) is 18.6 Å². The minimum atomic E-state index is -4.41. The highest BCUT2D eigenvalue weighted by Gasteiger charge is 2.26. The van der Waals surface area contributed by atoms with Crippen LogP contribution in [-0.2, 0) is 32.7 Å². The van der Waals surface area contributed by atoms with E-state index >= 15 is 0 Å². The lowest BCUT2D eigenvalue weighted by atomic mass is 10.1. The number of rotatable bonds is 45. The van der Waals surface area contributed by atoms with Crippen molar-refractivity contribution in [1.82, 2.24) is 0 Å². The van der Waals surface area contributed by atoms with Gasteiger partial charge in [-0.15, -0.1) is 0 Å². The molecule has 0 radical (unpaired) electrons. The number of hydrogen-bond donors (Lipinski definition) is 2. The first-order valence-electron chi connectivity index (χ1n) is 25.3. The van der Waals surface area contributed by atoms with Crippen LogP contribution in [0.5, 0.6) is 0 Å². The molecule has 0 fully saturated rings. The van der Waals surface area contributed by atoms with Gasteiger partial charge in [0.05, 0.1) is 13.2 Å². The highest BCUT2D eigenvalue weighted by Crippen LogP contribution is 2.43. The molecule has 67 heavy (non-hydrogen) atoms. The van der Waals surface area contributed by atoms with Crippen LogP contribution in [0.3, 0.4) is 0 Å². The number of esters is 2. The number of carbonyl (C=O) groups excluding carboxylic acids is 2. The molecule has 0 bridgehead atoms. The van der Waals surface area contributed by atoms with Crippen LogP contribution in [0.1, 0.15) is 168 Å². The van der Waals surface area contributed by atoms with Gasteiger partial charge in [0.1, 0.15) is 6.61 Å². The van der Waals surface area contributed by atoms with E-state index in [4.69, 9.17) is 24.3 Å². The second-order valence-corrected chi connectivity index (χ2v) is 17.4. The van der Waals surface area contributed by atoms with Crippen LogP contribution in [0.4, 0.5) is 0 Å². The number of allylic oxidation sites excluding steroid dienone is 24. The summed E-state index contributed by atoms with van der Waals surface area (Å²) in [4.78, 5) is 35.0. The third-order valence-corrected chi connectivity index (χ3v) is 10.7. The number of hydrogen-bond acceptors (Lipinski definition) is 8. The predicted octanol–water partition coefficient (Wildman–Crippen LogP) is 15.6. The number of phosphoric acid groups is 1. The molecular weight excluding hydrogens is 858 g/mol. The molecular formula is C57H90NO8P. The van der Waals surface area contributed by atoms with Crippen LogP contribution in [0.2, 0.25) is 0 Å². The fourth-order valence-electron chi connectivity index (χ4n) is 6.07. The van der Waals surface area contributed by atoms with E-state index in [0.717, 1.165) is 103 Å². The van der Waals surface area contributed by atoms with Crippen molar-refractivity contribution < 1.29 is 37.6 Å². The summed E-state index contributed by atoms with van der Waals surface area (Å²) in [5.41, 5.74) is 5.36. The van der Waals surface area contributed by atoms with Gasteiger partial charge in [-0.25, -0.2) is 4.57 Å². The van der Waals surface area contributed by atoms with Crippen LogP contribution < -0.4 is 5.73 Å². The molecule has 0 aliphatic heterocycles. The highest BCUT2D eigenvalue weighted by atomic mass is 31.2. The van der Waals surface area contributed by atoms with Crippen molar-refractivity contribution in [2.24, 2.45) is 5.73 Å². The molecule has 0 rings (SSSR count). The third-order valence-electron chi connectivity index (χ3n) is 9.73. The Morgan fingerprint density at radius 3 is 1.21 bits per heavy atom. The van der Waals surface area contributed by atoms with Gasteiger partial charge in [-0.1, -0.05) is 198 Å². The molecule has 0 aliphatic carbocycles. The first-order chi connectivity index (χ1) is 32.8. The first-order valence-corrected chi connectivity index (χ1v) is 26.8. The molecule has 376 valence electrons. The van der Waals surface area contributed by atoms with Crippen LogP contribution in [-0.4, -0.2) is 49.3 Å². The van der Waals surface area contributed by atoms with Gasteiger partial charge in [0.25, 0.3) is 0 Å². The number of ether oxygens (including phenoxy) is 2. The van der Waals surface area contributed by atoms with Crippen molar-refractivity contribution in [1.29, 1.82) is 0 Å². The smallest absolute Gasteiger partial charge is 0.462 e. The average Bonchev–Trinajstić information content (AvgIpc) is 3.32. The molecule has 0 spiro atoms. The largest absolute Gasteiger partial charge is 0.472 e. The first kappa shape index (κ1) is 62.9. The number of carbonyl (C=O) groups is 2. The Morgan fingerprint density at radius 1 is 0.448 bits per heavy atom. The van der Waals surface area contributed by atoms with Crippen LogP contribution >= 0.6 is 7.82 Å². The summed E-state index contributed by atoms with van der Waals surface area (Å²) in [5.74, 6) is -0.950. The predicted molar refractivity (Wildman–Crippen MR) is 283 cm³/mol. The fraction of sp³-hybridized carbons (Fsp3) is 0.544. The van der Waals surface area contributed by atoms with E-state index in [1.54, 1.807) is 0 Å². The van der Waals surface area contributed by atoms with Crippen molar-refractivity contribution in [2.75, 3.05) is 26.4 Å². The molecule has 0 saturated carbocycles. The van der Waals surface area contributed by atoms with Crippen molar-refractivity contribution in [3.05, 3.63) is 146 Å². The fourth-order valence-corrected chi connectivity index (χ4v) is 6.84. The van der Waals surface area contributed by atoms with Crippen molar-refractivity contribution in [3.8, 4) is 0 Å². The molecule has 0 saturated heterocycles. The molecule has 0 heterocycles. The Kier molecular flexibility index (Phi) is 48.1. The SMILES string of the molecule is CC/C=C\C/C=C\C/C=C\C/C=C\C/C=C\C/C=C\CCCCCCCCCCC(=O)OC(COC(=O)CC/C=C\C/C=C\C/C=C\C/C=C\C/C=C\C/C=C\CC)COP(=O)(O)OCCN. The second-order valence-electron chi connectivity index (χ2n) is 15.9. The minimum absolute atomic E-state index is 0.0335. The number of unbranched alkanes of at least 4 members (excludes halogenated alkanes) is 8. The summed E-state index contributed by atoms with van der Waals surface area (Å²) in [5, 5.41) is 0. The highest BCUT2D eigenvalue weighted by molar-refractivity contribution is 7.47. The Bertz CT molecular complexity index is 1600. The molecule has 2 atom stereocenters. The summed E-state index contributed by atoms with van der Waals surface area (Å²) in [7, 11) is -4.41. The van der Waals surface area contributed by atoms with Gasteiger partial charge in [0.2, 0.25) is 0 Å². The molecule has 0 amide bonds. The Balaban J connectivity index is 4.21. The van der Waals surface area contributed by atoms with Crippen molar-refractivity contribution in [3.63, 3.8) is 0 Å². The van der Waals surface area contributed by atoms with E-state index in [1.165, 1.54) is 25.7 Å². The molecule has 3 N–H and O–H groups in total. The van der Waals surface area contributed by atoms with E-state index in [1.807, 2.05) is 12.2 Å². The van der Waals surface area contributed by atoms with Gasteiger partial charge in [-0.2, -0.15) is 0 Å². The second kappa shape index (κ2) is 51.3. The maximum atomic E-state index is 12.7. The zero-order valence-corrected chi connectivity index (χ0v) is 42.5. The monoisotopic (exact) mass is 948 g/mol. The Morgan fingerprint density at radius 2 is 0.806 bits per heavy atom. The van der Waals surface area contributed by atoms with Gasteiger partial charge in [0, 0.05) is 19.4 Å². The number of phosphoric ester groups is 1. The molecule has 0 aromatic carbocycles.